The molecule has 6 nitrogen and oxygen atoms in total. The Morgan fingerprint density at radius 1 is 1.45 bits per heavy atom. The molecule has 2 heterocycles. The third kappa shape index (κ3) is 2.80. The molecule has 1 amide bonds. The molecule has 0 aliphatic carbocycles. The average Bonchev–Trinajstić information content (AvgIpc) is 2.89. The monoisotopic (exact) mass is 306 g/mol. The van der Waals surface area contributed by atoms with Gasteiger partial charge in [0.25, 0.3) is 0 Å². The fourth-order valence-corrected chi connectivity index (χ4v) is 2.60. The van der Waals surface area contributed by atoms with Crippen molar-refractivity contribution >= 4 is 22.8 Å². The van der Waals surface area contributed by atoms with Gasteiger partial charge in [0.1, 0.15) is 5.82 Å². The second-order valence-electron chi connectivity index (χ2n) is 5.22. The topological polar surface area (TPSA) is 82.6 Å². The van der Waals surface area contributed by atoms with E-state index in [1.54, 1.807) is 12.3 Å². The molecule has 0 saturated carbocycles. The molecule has 1 saturated heterocycles. The van der Waals surface area contributed by atoms with E-state index in [0.29, 0.717) is 12.1 Å². The normalized spacial score (nSPS) is 18.6. The van der Waals surface area contributed by atoms with Crippen molar-refractivity contribution in [1.82, 2.24) is 9.88 Å². The lowest BCUT2D eigenvalue weighted by atomic mass is 10.1. The number of carboxylic acids is 1. The number of morpholine rings is 1. The Morgan fingerprint density at radius 2 is 2.27 bits per heavy atom. The highest BCUT2D eigenvalue weighted by atomic mass is 19.1. The molecular weight excluding hydrogens is 291 g/mol. The van der Waals surface area contributed by atoms with Gasteiger partial charge in [0.2, 0.25) is 5.91 Å². The van der Waals surface area contributed by atoms with Crippen LogP contribution in [0.2, 0.25) is 0 Å². The number of carbonyl (C=O) groups is 2. The average molecular weight is 306 g/mol. The van der Waals surface area contributed by atoms with Crippen LogP contribution in [-0.2, 0) is 20.7 Å². The minimum Gasteiger partial charge on any atom is -0.479 e. The number of hydrogen-bond donors (Lipinski definition) is 2. The second kappa shape index (κ2) is 5.76. The van der Waals surface area contributed by atoms with Gasteiger partial charge in [0.05, 0.1) is 19.6 Å². The van der Waals surface area contributed by atoms with E-state index in [4.69, 9.17) is 9.84 Å². The van der Waals surface area contributed by atoms with E-state index in [1.165, 1.54) is 17.0 Å². The van der Waals surface area contributed by atoms with Crippen molar-refractivity contribution < 1.29 is 23.8 Å². The number of rotatable bonds is 3. The van der Waals surface area contributed by atoms with Gasteiger partial charge in [-0.1, -0.05) is 0 Å². The van der Waals surface area contributed by atoms with Crippen molar-refractivity contribution in [1.29, 1.82) is 0 Å². The molecule has 2 N–H and O–H groups in total. The largest absolute Gasteiger partial charge is 0.479 e. The van der Waals surface area contributed by atoms with Crippen LogP contribution in [0.15, 0.2) is 24.4 Å². The van der Waals surface area contributed by atoms with Crippen LogP contribution < -0.4 is 0 Å². The number of carbonyl (C=O) groups excluding carboxylic acids is 1. The number of amides is 1. The summed E-state index contributed by atoms with van der Waals surface area (Å²) in [4.78, 5) is 27.7. The van der Waals surface area contributed by atoms with Gasteiger partial charge >= 0.3 is 5.97 Å². The molecule has 1 aliphatic rings. The summed E-state index contributed by atoms with van der Waals surface area (Å²) in [7, 11) is 0. The number of ether oxygens (including phenoxy) is 1. The van der Waals surface area contributed by atoms with Gasteiger partial charge in [-0.3, -0.25) is 4.79 Å². The van der Waals surface area contributed by atoms with E-state index in [2.05, 4.69) is 4.98 Å². The number of aromatic amines is 1. The Bertz CT molecular complexity index is 727. The molecule has 1 aromatic carbocycles. The van der Waals surface area contributed by atoms with Crippen molar-refractivity contribution in [2.24, 2.45) is 0 Å². The fourth-order valence-electron chi connectivity index (χ4n) is 2.60. The standard InChI is InChI=1S/C15H15FN2O4/c16-10-1-2-11-9(7-17-12(11)6-10)5-14(19)18-3-4-22-13(8-18)15(20)21/h1-2,6-7,13,17H,3-5,8H2,(H,20,21)/t13-/m1/s1. The zero-order valence-electron chi connectivity index (χ0n) is 11.7. The quantitative estimate of drug-likeness (QED) is 0.891. The van der Waals surface area contributed by atoms with E-state index in [9.17, 15) is 14.0 Å². The molecule has 22 heavy (non-hydrogen) atoms. The number of halogens is 1. The summed E-state index contributed by atoms with van der Waals surface area (Å²) in [5.74, 6) is -1.58. The molecule has 1 aromatic heterocycles. The molecule has 0 spiro atoms. The molecule has 0 unspecified atom stereocenters. The van der Waals surface area contributed by atoms with Crippen LogP contribution in [0, 0.1) is 5.82 Å². The first-order chi connectivity index (χ1) is 10.5. The van der Waals surface area contributed by atoms with Gasteiger partial charge in [0.15, 0.2) is 6.10 Å². The first-order valence-electron chi connectivity index (χ1n) is 6.92. The number of H-pyrrole nitrogens is 1. The predicted molar refractivity (Wildman–Crippen MR) is 75.9 cm³/mol. The summed E-state index contributed by atoms with van der Waals surface area (Å²) < 4.78 is 18.3. The number of fused-ring (bicyclic) bond motifs is 1. The zero-order valence-corrected chi connectivity index (χ0v) is 11.7. The maximum absolute atomic E-state index is 13.2. The Hall–Kier alpha value is -2.41. The Balaban J connectivity index is 1.74. The number of hydrogen-bond acceptors (Lipinski definition) is 3. The predicted octanol–water partition coefficient (Wildman–Crippen LogP) is 1.16. The van der Waals surface area contributed by atoms with Gasteiger partial charge in [-0.05, 0) is 23.8 Å². The lowest BCUT2D eigenvalue weighted by molar-refractivity contribution is -0.159. The molecule has 1 fully saturated rings. The molecule has 1 aliphatic heterocycles. The SMILES string of the molecule is O=C(O)[C@H]1CN(C(=O)Cc2c[nH]c3cc(F)ccc23)CCO1. The van der Waals surface area contributed by atoms with Crippen molar-refractivity contribution in [3.63, 3.8) is 0 Å². The summed E-state index contributed by atoms with van der Waals surface area (Å²) in [6, 6.07) is 4.35. The third-order valence-corrected chi connectivity index (χ3v) is 3.77. The highest BCUT2D eigenvalue weighted by Gasteiger charge is 2.29. The molecule has 0 radical (unpaired) electrons. The number of aliphatic carboxylic acids is 1. The summed E-state index contributed by atoms with van der Waals surface area (Å²) in [6.07, 6.45) is 0.838. The van der Waals surface area contributed by atoms with Crippen LogP contribution in [0.1, 0.15) is 5.56 Å². The smallest absolute Gasteiger partial charge is 0.334 e. The summed E-state index contributed by atoms with van der Waals surface area (Å²) >= 11 is 0. The van der Waals surface area contributed by atoms with Crippen LogP contribution in [0.5, 0.6) is 0 Å². The Labute approximate surface area is 125 Å². The van der Waals surface area contributed by atoms with E-state index >= 15 is 0 Å². The third-order valence-electron chi connectivity index (χ3n) is 3.77. The van der Waals surface area contributed by atoms with E-state index in [0.717, 1.165) is 10.9 Å². The van der Waals surface area contributed by atoms with Gasteiger partial charge in [0, 0.05) is 23.6 Å². The highest BCUT2D eigenvalue weighted by molar-refractivity contribution is 5.89. The Morgan fingerprint density at radius 3 is 3.05 bits per heavy atom. The minimum absolute atomic E-state index is 0.0468. The lowest BCUT2D eigenvalue weighted by Crippen LogP contribution is -2.49. The number of aromatic nitrogens is 1. The summed E-state index contributed by atoms with van der Waals surface area (Å²) in [6.45, 7) is 0.631. The number of nitrogens with zero attached hydrogens (tertiary/aromatic N) is 1. The molecule has 2 aromatic rings. The molecule has 1 atom stereocenters. The van der Waals surface area contributed by atoms with Gasteiger partial charge in [-0.25, -0.2) is 9.18 Å². The first kappa shape index (κ1) is 14.5. The van der Waals surface area contributed by atoms with Crippen LogP contribution in [0.4, 0.5) is 4.39 Å². The molecule has 3 rings (SSSR count). The van der Waals surface area contributed by atoms with Gasteiger partial charge < -0.3 is 19.7 Å². The first-order valence-corrected chi connectivity index (χ1v) is 6.92. The highest BCUT2D eigenvalue weighted by Crippen LogP contribution is 2.20. The van der Waals surface area contributed by atoms with Crippen LogP contribution >= 0.6 is 0 Å². The second-order valence-corrected chi connectivity index (χ2v) is 5.22. The molecule has 116 valence electrons. The lowest BCUT2D eigenvalue weighted by Gasteiger charge is -2.30. The van der Waals surface area contributed by atoms with Crippen LogP contribution in [-0.4, -0.2) is 52.7 Å². The zero-order chi connectivity index (χ0) is 15.7. The van der Waals surface area contributed by atoms with Gasteiger partial charge in [-0.15, -0.1) is 0 Å². The maximum Gasteiger partial charge on any atom is 0.334 e. The van der Waals surface area contributed by atoms with Crippen molar-refractivity contribution in [3.05, 3.63) is 35.8 Å². The van der Waals surface area contributed by atoms with Crippen molar-refractivity contribution in [2.75, 3.05) is 19.7 Å². The number of nitrogens with one attached hydrogen (secondary N) is 1. The van der Waals surface area contributed by atoms with E-state index in [-0.39, 0.29) is 31.3 Å². The van der Waals surface area contributed by atoms with Crippen LogP contribution in [0.3, 0.4) is 0 Å². The Kier molecular flexibility index (Phi) is 3.81. The van der Waals surface area contributed by atoms with E-state index < -0.39 is 12.1 Å². The van der Waals surface area contributed by atoms with Crippen molar-refractivity contribution in [3.8, 4) is 0 Å². The summed E-state index contributed by atoms with van der Waals surface area (Å²) in [5.41, 5.74) is 1.39. The summed E-state index contributed by atoms with van der Waals surface area (Å²) in [5, 5.41) is 9.75. The molecule has 0 bridgehead atoms. The fraction of sp³-hybridized carbons (Fsp3) is 0.333. The maximum atomic E-state index is 13.2. The van der Waals surface area contributed by atoms with Crippen molar-refractivity contribution in [2.45, 2.75) is 12.5 Å². The molecular formula is C15H15FN2O4. The number of carboxylic acid groups (broad SMARTS) is 1. The number of benzene rings is 1. The molecule has 7 heteroatoms. The minimum atomic E-state index is -1.07. The van der Waals surface area contributed by atoms with E-state index in [1.807, 2.05) is 0 Å². The van der Waals surface area contributed by atoms with Gasteiger partial charge in [-0.2, -0.15) is 0 Å². The van der Waals surface area contributed by atoms with Crippen LogP contribution in [0.25, 0.3) is 10.9 Å².